The number of hydrogen-bond acceptors (Lipinski definition) is 1. The van der Waals surface area contributed by atoms with Crippen LogP contribution in [0.15, 0.2) is 12.1 Å². The summed E-state index contributed by atoms with van der Waals surface area (Å²) in [5.74, 6) is 1.12. The van der Waals surface area contributed by atoms with E-state index in [1.54, 1.807) is 0 Å². The quantitative estimate of drug-likeness (QED) is 0.611. The predicted molar refractivity (Wildman–Crippen MR) is 77.0 cm³/mol. The number of rotatable bonds is 0. The van der Waals surface area contributed by atoms with E-state index in [2.05, 4.69) is 53.7 Å². The van der Waals surface area contributed by atoms with Crippen molar-refractivity contribution >= 4 is 0 Å². The fraction of sp³-hybridized carbons (Fsp3) is 0.625. The van der Waals surface area contributed by atoms with Crippen molar-refractivity contribution in [3.8, 4) is 5.75 Å². The van der Waals surface area contributed by atoms with Crippen LogP contribution in [0.3, 0.4) is 0 Å². The minimum Gasteiger partial charge on any atom is -0.493 e. The van der Waals surface area contributed by atoms with Gasteiger partial charge in [-0.3, -0.25) is 0 Å². The summed E-state index contributed by atoms with van der Waals surface area (Å²) in [7, 11) is 0. The fourth-order valence-corrected chi connectivity index (χ4v) is 1.70. The topological polar surface area (TPSA) is 9.23 Å². The average molecular weight is 236 g/mol. The summed E-state index contributed by atoms with van der Waals surface area (Å²) in [5.41, 5.74) is 3.99. The highest BCUT2D eigenvalue weighted by molar-refractivity contribution is 5.45. The van der Waals surface area contributed by atoms with Crippen molar-refractivity contribution in [2.24, 2.45) is 0 Å². The molecule has 1 heteroatoms. The van der Waals surface area contributed by atoms with Crippen molar-refractivity contribution < 1.29 is 4.74 Å². The maximum absolute atomic E-state index is 5.48. The summed E-state index contributed by atoms with van der Waals surface area (Å²) in [6, 6.07) is 4.39. The van der Waals surface area contributed by atoms with Gasteiger partial charge in [-0.05, 0) is 25.0 Å². The molecule has 1 aliphatic heterocycles. The lowest BCUT2D eigenvalue weighted by atomic mass is 10.1. The first-order valence-electron chi connectivity index (χ1n) is 6.83. The number of aryl methyl sites for hydroxylation is 2. The molecule has 0 saturated heterocycles. The molecule has 0 N–H and O–H groups in total. The minimum atomic E-state index is 0.861. The molecule has 0 fully saturated rings. The van der Waals surface area contributed by atoms with Crippen LogP contribution >= 0.6 is 0 Å². The summed E-state index contributed by atoms with van der Waals surface area (Å²) < 4.78 is 5.48. The van der Waals surface area contributed by atoms with Crippen LogP contribution in [0.25, 0.3) is 0 Å². The molecule has 0 unspecified atom stereocenters. The Kier molecular flexibility index (Phi) is 8.57. The molecule has 1 aliphatic rings. The third-order valence-corrected chi connectivity index (χ3v) is 2.11. The van der Waals surface area contributed by atoms with Crippen LogP contribution in [0.1, 0.15) is 57.2 Å². The Morgan fingerprint density at radius 3 is 2.06 bits per heavy atom. The van der Waals surface area contributed by atoms with Crippen molar-refractivity contribution in [2.45, 2.75) is 60.8 Å². The van der Waals surface area contributed by atoms with E-state index < -0.39 is 0 Å². The van der Waals surface area contributed by atoms with E-state index >= 15 is 0 Å². The van der Waals surface area contributed by atoms with E-state index in [-0.39, 0.29) is 0 Å². The van der Waals surface area contributed by atoms with Gasteiger partial charge in [0.05, 0.1) is 6.61 Å². The van der Waals surface area contributed by atoms with Gasteiger partial charge in [0.1, 0.15) is 5.75 Å². The van der Waals surface area contributed by atoms with Gasteiger partial charge in [-0.25, -0.2) is 0 Å². The fourth-order valence-electron chi connectivity index (χ4n) is 1.70. The predicted octanol–water partition coefficient (Wildman–Crippen LogP) is 5.07. The first-order chi connectivity index (χ1) is 8.10. The van der Waals surface area contributed by atoms with Gasteiger partial charge in [0.15, 0.2) is 0 Å². The monoisotopic (exact) mass is 236 g/mol. The van der Waals surface area contributed by atoms with E-state index in [0.29, 0.717) is 0 Å². The number of hydrogen-bond donors (Lipinski definition) is 0. The second-order valence-corrected chi connectivity index (χ2v) is 4.58. The van der Waals surface area contributed by atoms with E-state index in [0.717, 1.165) is 18.8 Å². The zero-order valence-electron chi connectivity index (χ0n) is 12.4. The van der Waals surface area contributed by atoms with Crippen molar-refractivity contribution in [1.29, 1.82) is 0 Å². The SMILES string of the molecule is CCC.CCC.Cc1cc(C)c2c(c1)CCO2. The maximum Gasteiger partial charge on any atom is 0.125 e. The zero-order valence-corrected chi connectivity index (χ0v) is 12.4. The van der Waals surface area contributed by atoms with E-state index in [1.807, 2.05) is 0 Å². The summed E-state index contributed by atoms with van der Waals surface area (Å²) in [4.78, 5) is 0. The molecular weight excluding hydrogens is 208 g/mol. The Bertz CT molecular complexity index is 314. The second-order valence-electron chi connectivity index (χ2n) is 4.58. The number of ether oxygens (including phenoxy) is 1. The van der Waals surface area contributed by atoms with Gasteiger partial charge in [0.2, 0.25) is 0 Å². The molecule has 0 aromatic heterocycles. The standard InChI is InChI=1S/C10H12O.2C3H8/c1-7-5-8(2)10-9(6-7)3-4-11-10;2*1-3-2/h5-6H,3-4H2,1-2H3;2*3H2,1-2H3. The molecule has 98 valence electrons. The van der Waals surface area contributed by atoms with Gasteiger partial charge in [-0.2, -0.15) is 0 Å². The van der Waals surface area contributed by atoms with Crippen molar-refractivity contribution in [1.82, 2.24) is 0 Å². The Labute approximate surface area is 107 Å². The summed E-state index contributed by atoms with van der Waals surface area (Å²) in [5, 5.41) is 0. The summed E-state index contributed by atoms with van der Waals surface area (Å²) in [6.45, 7) is 13.6. The third-order valence-electron chi connectivity index (χ3n) is 2.11. The normalized spacial score (nSPS) is 11.4. The smallest absolute Gasteiger partial charge is 0.125 e. The molecule has 0 saturated carbocycles. The third kappa shape index (κ3) is 5.76. The van der Waals surface area contributed by atoms with Crippen molar-refractivity contribution in [3.63, 3.8) is 0 Å². The lowest BCUT2D eigenvalue weighted by molar-refractivity contribution is 0.354. The van der Waals surface area contributed by atoms with E-state index in [4.69, 9.17) is 4.74 Å². The highest BCUT2D eigenvalue weighted by atomic mass is 16.5. The molecule has 1 aromatic rings. The highest BCUT2D eigenvalue weighted by Crippen LogP contribution is 2.29. The van der Waals surface area contributed by atoms with E-state index in [9.17, 15) is 0 Å². The number of fused-ring (bicyclic) bond motifs is 1. The van der Waals surface area contributed by atoms with Crippen LogP contribution in [-0.2, 0) is 6.42 Å². The molecule has 1 heterocycles. The largest absolute Gasteiger partial charge is 0.493 e. The summed E-state index contributed by atoms with van der Waals surface area (Å²) in [6.07, 6.45) is 3.58. The Balaban J connectivity index is 0.000000366. The molecule has 1 aromatic carbocycles. The molecule has 2 rings (SSSR count). The molecule has 0 atom stereocenters. The average Bonchev–Trinajstić information content (AvgIpc) is 2.68. The lowest BCUT2D eigenvalue weighted by Gasteiger charge is -2.03. The zero-order chi connectivity index (χ0) is 13.3. The maximum atomic E-state index is 5.48. The van der Waals surface area contributed by atoms with Gasteiger partial charge in [0.25, 0.3) is 0 Å². The molecule has 1 nitrogen and oxygen atoms in total. The van der Waals surface area contributed by atoms with Crippen molar-refractivity contribution in [2.75, 3.05) is 6.61 Å². The Morgan fingerprint density at radius 2 is 1.53 bits per heavy atom. The Morgan fingerprint density at radius 1 is 1.00 bits per heavy atom. The molecule has 0 radical (unpaired) electrons. The van der Waals surface area contributed by atoms with Crippen LogP contribution in [-0.4, -0.2) is 6.61 Å². The van der Waals surface area contributed by atoms with Gasteiger partial charge in [0, 0.05) is 6.42 Å². The first-order valence-corrected chi connectivity index (χ1v) is 6.83. The van der Waals surface area contributed by atoms with Crippen LogP contribution in [0.4, 0.5) is 0 Å². The summed E-state index contributed by atoms with van der Waals surface area (Å²) >= 11 is 0. The molecular formula is C16H28O. The van der Waals surface area contributed by atoms with Gasteiger partial charge >= 0.3 is 0 Å². The second kappa shape index (κ2) is 9.09. The van der Waals surface area contributed by atoms with Gasteiger partial charge in [-0.1, -0.05) is 58.2 Å². The van der Waals surface area contributed by atoms with Gasteiger partial charge < -0.3 is 4.74 Å². The van der Waals surface area contributed by atoms with Crippen LogP contribution in [0.2, 0.25) is 0 Å². The van der Waals surface area contributed by atoms with E-state index in [1.165, 1.54) is 29.5 Å². The highest BCUT2D eigenvalue weighted by Gasteiger charge is 2.13. The lowest BCUT2D eigenvalue weighted by Crippen LogP contribution is -1.87. The molecule has 0 aliphatic carbocycles. The van der Waals surface area contributed by atoms with Crippen LogP contribution < -0.4 is 4.74 Å². The molecule has 0 spiro atoms. The van der Waals surface area contributed by atoms with Crippen molar-refractivity contribution in [3.05, 3.63) is 28.8 Å². The van der Waals surface area contributed by atoms with Crippen LogP contribution in [0.5, 0.6) is 5.75 Å². The molecule has 0 bridgehead atoms. The Hall–Kier alpha value is -0.980. The van der Waals surface area contributed by atoms with Crippen LogP contribution in [0, 0.1) is 13.8 Å². The molecule has 17 heavy (non-hydrogen) atoms. The van der Waals surface area contributed by atoms with Gasteiger partial charge in [-0.15, -0.1) is 0 Å². The first kappa shape index (κ1) is 16.0. The number of benzene rings is 1. The minimum absolute atomic E-state index is 0.861. The molecule has 0 amide bonds.